The van der Waals surface area contributed by atoms with Crippen molar-refractivity contribution in [2.75, 3.05) is 7.11 Å². The molecule has 0 radical (unpaired) electrons. The zero-order chi connectivity index (χ0) is 13.8. The van der Waals surface area contributed by atoms with Gasteiger partial charge in [0, 0.05) is 6.08 Å². The number of methoxy groups -OCH3 is 1. The van der Waals surface area contributed by atoms with Gasteiger partial charge in [0.05, 0.1) is 7.11 Å². The van der Waals surface area contributed by atoms with Gasteiger partial charge in [0.25, 0.3) is 0 Å². The molecule has 1 N–H and O–H groups in total. The number of benzene rings is 1. The number of ether oxygens (including phenoxy) is 1. The maximum Gasteiger partial charge on any atom is 0.197 e. The van der Waals surface area contributed by atoms with Crippen molar-refractivity contribution in [2.45, 2.75) is 0 Å². The molecule has 0 unspecified atom stereocenters. The molecule has 19 heavy (non-hydrogen) atoms. The first-order valence-corrected chi connectivity index (χ1v) is 5.64. The van der Waals surface area contributed by atoms with Crippen LogP contribution in [0.15, 0.2) is 59.6 Å². The van der Waals surface area contributed by atoms with Gasteiger partial charge in [-0.05, 0) is 11.6 Å². The molecule has 2 rings (SSSR count). The van der Waals surface area contributed by atoms with Crippen LogP contribution in [-0.2, 0) is 14.3 Å². The third-order valence-corrected chi connectivity index (χ3v) is 2.67. The molecule has 1 aliphatic rings. The molecule has 1 aromatic carbocycles. The quantitative estimate of drug-likeness (QED) is 0.662. The molecule has 0 heterocycles. The van der Waals surface area contributed by atoms with Crippen molar-refractivity contribution in [2.24, 2.45) is 0 Å². The first kappa shape index (κ1) is 12.8. The monoisotopic (exact) mass is 256 g/mol. The van der Waals surface area contributed by atoms with Gasteiger partial charge in [-0.2, -0.15) is 0 Å². The molecule has 0 aliphatic heterocycles. The number of carbonyl (C=O) groups excluding carboxylic acids is 2. The van der Waals surface area contributed by atoms with E-state index in [9.17, 15) is 14.7 Å². The summed E-state index contributed by atoms with van der Waals surface area (Å²) in [6.45, 7) is 0. The summed E-state index contributed by atoms with van der Waals surface area (Å²) in [6, 6.07) is 9.20. The predicted octanol–water partition coefficient (Wildman–Crippen LogP) is 2.19. The van der Waals surface area contributed by atoms with Gasteiger partial charge in [0.1, 0.15) is 5.57 Å². The van der Waals surface area contributed by atoms with Gasteiger partial charge in [-0.25, -0.2) is 0 Å². The fraction of sp³-hybridized carbons (Fsp3) is 0.0667. The summed E-state index contributed by atoms with van der Waals surface area (Å²) in [5.74, 6) is -1.48. The second-order valence-electron chi connectivity index (χ2n) is 3.91. The van der Waals surface area contributed by atoms with Gasteiger partial charge in [-0.15, -0.1) is 0 Å². The van der Waals surface area contributed by atoms with E-state index in [4.69, 9.17) is 4.74 Å². The smallest absolute Gasteiger partial charge is 0.197 e. The number of hydrogen-bond acceptors (Lipinski definition) is 4. The third kappa shape index (κ3) is 2.63. The zero-order valence-corrected chi connectivity index (χ0v) is 10.3. The number of aliphatic hydroxyl groups is 1. The highest BCUT2D eigenvalue weighted by Gasteiger charge is 2.29. The molecule has 4 nitrogen and oxygen atoms in total. The first-order valence-electron chi connectivity index (χ1n) is 5.64. The Balaban J connectivity index is 2.21. The summed E-state index contributed by atoms with van der Waals surface area (Å²) in [5, 5.41) is 9.70. The molecule has 0 fully saturated rings. The lowest BCUT2D eigenvalue weighted by Crippen LogP contribution is -2.07. The number of aliphatic hydroxyl groups excluding tert-OH is 1. The number of ketones is 2. The van der Waals surface area contributed by atoms with Gasteiger partial charge in [-0.1, -0.05) is 36.4 Å². The van der Waals surface area contributed by atoms with Gasteiger partial charge in [-0.3, -0.25) is 9.59 Å². The van der Waals surface area contributed by atoms with Crippen molar-refractivity contribution in [1.29, 1.82) is 0 Å². The highest BCUT2D eigenvalue weighted by molar-refractivity contribution is 6.30. The normalized spacial score (nSPS) is 15.0. The van der Waals surface area contributed by atoms with Crippen molar-refractivity contribution in [3.63, 3.8) is 0 Å². The minimum Gasteiger partial charge on any atom is -0.504 e. The fourth-order valence-corrected chi connectivity index (χ4v) is 1.71. The molecule has 0 spiro atoms. The second-order valence-corrected chi connectivity index (χ2v) is 3.91. The van der Waals surface area contributed by atoms with E-state index in [1.807, 2.05) is 30.3 Å². The molecule has 1 aliphatic carbocycles. The Hall–Kier alpha value is -2.62. The van der Waals surface area contributed by atoms with Crippen molar-refractivity contribution in [3.05, 3.63) is 65.1 Å². The summed E-state index contributed by atoms with van der Waals surface area (Å²) < 4.78 is 4.79. The van der Waals surface area contributed by atoms with E-state index < -0.39 is 17.3 Å². The van der Waals surface area contributed by atoms with E-state index in [0.29, 0.717) is 0 Å². The average molecular weight is 256 g/mol. The van der Waals surface area contributed by atoms with Crippen LogP contribution in [0.1, 0.15) is 5.56 Å². The van der Waals surface area contributed by atoms with Crippen LogP contribution >= 0.6 is 0 Å². The highest BCUT2D eigenvalue weighted by Crippen LogP contribution is 2.23. The molecule has 0 saturated heterocycles. The summed E-state index contributed by atoms with van der Waals surface area (Å²) in [5.41, 5.74) is 0.574. The molecule has 0 bridgehead atoms. The van der Waals surface area contributed by atoms with E-state index in [1.54, 1.807) is 6.08 Å². The highest BCUT2D eigenvalue weighted by atomic mass is 16.5. The fourth-order valence-electron chi connectivity index (χ4n) is 1.71. The third-order valence-electron chi connectivity index (χ3n) is 2.67. The van der Waals surface area contributed by atoms with E-state index in [2.05, 4.69) is 0 Å². The van der Waals surface area contributed by atoms with Crippen molar-refractivity contribution in [1.82, 2.24) is 0 Å². The van der Waals surface area contributed by atoms with Gasteiger partial charge in [0.2, 0.25) is 0 Å². The number of rotatable bonds is 4. The maximum atomic E-state index is 11.9. The average Bonchev–Trinajstić information content (AvgIpc) is 2.72. The van der Waals surface area contributed by atoms with Crippen LogP contribution < -0.4 is 0 Å². The Kier molecular flexibility index (Phi) is 3.61. The zero-order valence-electron chi connectivity index (χ0n) is 10.3. The van der Waals surface area contributed by atoms with Crippen molar-refractivity contribution < 1.29 is 19.4 Å². The van der Waals surface area contributed by atoms with Crippen LogP contribution in [-0.4, -0.2) is 23.8 Å². The Labute approximate surface area is 110 Å². The molecule has 0 atom stereocenters. The lowest BCUT2D eigenvalue weighted by Gasteiger charge is -2.00. The van der Waals surface area contributed by atoms with Crippen LogP contribution in [0, 0.1) is 0 Å². The Morgan fingerprint density at radius 1 is 1.26 bits per heavy atom. The largest absolute Gasteiger partial charge is 0.504 e. The first-order chi connectivity index (χ1) is 9.13. The Morgan fingerprint density at radius 3 is 2.53 bits per heavy atom. The summed E-state index contributed by atoms with van der Waals surface area (Å²) in [4.78, 5) is 23.5. The van der Waals surface area contributed by atoms with Gasteiger partial charge in [0.15, 0.2) is 23.1 Å². The van der Waals surface area contributed by atoms with Crippen LogP contribution in [0.25, 0.3) is 6.08 Å². The SMILES string of the molecule is COC1=CC(=O)C(C(=O)C=Cc2ccccc2)=C1O. The van der Waals surface area contributed by atoms with Gasteiger partial charge < -0.3 is 9.84 Å². The van der Waals surface area contributed by atoms with E-state index >= 15 is 0 Å². The number of carbonyl (C=O) groups is 2. The molecular weight excluding hydrogens is 244 g/mol. The Bertz CT molecular complexity index is 606. The topological polar surface area (TPSA) is 63.6 Å². The Morgan fingerprint density at radius 2 is 1.95 bits per heavy atom. The molecular formula is C15H12O4. The minimum absolute atomic E-state index is 0.0152. The maximum absolute atomic E-state index is 11.9. The summed E-state index contributed by atoms with van der Waals surface area (Å²) >= 11 is 0. The van der Waals surface area contributed by atoms with Gasteiger partial charge >= 0.3 is 0 Å². The number of hydrogen-bond donors (Lipinski definition) is 1. The van der Waals surface area contributed by atoms with E-state index in [0.717, 1.165) is 11.6 Å². The lowest BCUT2D eigenvalue weighted by molar-refractivity contribution is -0.116. The van der Waals surface area contributed by atoms with Crippen LogP contribution in [0.3, 0.4) is 0 Å². The van der Waals surface area contributed by atoms with Crippen molar-refractivity contribution >= 4 is 17.6 Å². The number of allylic oxidation sites excluding steroid dienone is 3. The summed E-state index contributed by atoms with van der Waals surface area (Å²) in [7, 11) is 1.32. The molecule has 0 aromatic heterocycles. The molecule has 0 saturated carbocycles. The second kappa shape index (κ2) is 5.35. The van der Waals surface area contributed by atoms with Crippen LogP contribution in [0.5, 0.6) is 0 Å². The molecule has 4 heteroatoms. The lowest BCUT2D eigenvalue weighted by atomic mass is 10.1. The van der Waals surface area contributed by atoms with Crippen LogP contribution in [0.4, 0.5) is 0 Å². The van der Waals surface area contributed by atoms with E-state index in [-0.39, 0.29) is 11.3 Å². The predicted molar refractivity (Wildman–Crippen MR) is 70.2 cm³/mol. The molecule has 1 aromatic rings. The molecule has 0 amide bonds. The summed E-state index contributed by atoms with van der Waals surface area (Å²) in [6.07, 6.45) is 3.94. The standard InChI is InChI=1S/C15H12O4/c1-19-13-9-12(17)14(15(13)18)11(16)8-7-10-5-3-2-4-6-10/h2-9,18H,1H3. The van der Waals surface area contributed by atoms with E-state index in [1.165, 1.54) is 13.2 Å². The molecule has 96 valence electrons. The van der Waals surface area contributed by atoms with Crippen LogP contribution in [0.2, 0.25) is 0 Å². The van der Waals surface area contributed by atoms with Crippen molar-refractivity contribution in [3.8, 4) is 0 Å². The minimum atomic E-state index is -0.547.